The monoisotopic (exact) mass is 206 g/mol. The third kappa shape index (κ3) is 2.26. The van der Waals surface area contributed by atoms with Gasteiger partial charge in [-0.2, -0.15) is 0 Å². The van der Waals surface area contributed by atoms with E-state index in [4.69, 9.17) is 5.73 Å². The molecule has 1 aliphatic rings. The Hall–Kier alpha value is -1.16. The highest BCUT2D eigenvalue weighted by Crippen LogP contribution is 2.15. The summed E-state index contributed by atoms with van der Waals surface area (Å²) in [5.41, 5.74) is 7.98. The van der Waals surface area contributed by atoms with Crippen LogP contribution >= 0.6 is 0 Å². The van der Waals surface area contributed by atoms with Crippen molar-refractivity contribution < 1.29 is 0 Å². The van der Waals surface area contributed by atoms with E-state index in [2.05, 4.69) is 28.7 Å². The minimum Gasteiger partial charge on any atom is -0.368 e. The zero-order valence-electron chi connectivity index (χ0n) is 9.40. The standard InChI is InChI=1S/C11H18N4/c1-8(2)15-5-3-9-7-13-11(12)14-10(9)4-6-15/h7-8H,3-6H2,1-2H3,(H2,12,13,14). The molecule has 0 atom stereocenters. The number of hydrogen-bond donors (Lipinski definition) is 1. The first-order chi connectivity index (χ1) is 7.16. The molecule has 0 unspecified atom stereocenters. The fourth-order valence-electron chi connectivity index (χ4n) is 2.02. The van der Waals surface area contributed by atoms with Gasteiger partial charge in [0.25, 0.3) is 0 Å². The molecule has 82 valence electrons. The summed E-state index contributed by atoms with van der Waals surface area (Å²) in [5.74, 6) is 0.395. The second kappa shape index (κ2) is 4.14. The number of nitrogens with zero attached hydrogens (tertiary/aromatic N) is 3. The Morgan fingerprint density at radius 3 is 2.80 bits per heavy atom. The molecule has 0 fully saturated rings. The van der Waals surface area contributed by atoms with Gasteiger partial charge < -0.3 is 10.6 Å². The minimum atomic E-state index is 0.395. The van der Waals surface area contributed by atoms with Gasteiger partial charge in [-0.25, -0.2) is 9.97 Å². The molecule has 2 N–H and O–H groups in total. The number of nitrogen functional groups attached to an aromatic ring is 1. The van der Waals surface area contributed by atoms with Crippen LogP contribution in [0.2, 0.25) is 0 Å². The zero-order valence-corrected chi connectivity index (χ0v) is 9.40. The molecule has 4 heteroatoms. The Kier molecular flexibility index (Phi) is 2.86. The van der Waals surface area contributed by atoms with Gasteiger partial charge >= 0.3 is 0 Å². The van der Waals surface area contributed by atoms with Gasteiger partial charge in [0.15, 0.2) is 0 Å². The Morgan fingerprint density at radius 2 is 2.07 bits per heavy atom. The molecule has 15 heavy (non-hydrogen) atoms. The fourth-order valence-corrected chi connectivity index (χ4v) is 2.02. The molecule has 0 bridgehead atoms. The number of anilines is 1. The van der Waals surface area contributed by atoms with Crippen LogP contribution in [0.5, 0.6) is 0 Å². The summed E-state index contributed by atoms with van der Waals surface area (Å²) in [7, 11) is 0. The van der Waals surface area contributed by atoms with Crippen molar-refractivity contribution in [2.45, 2.75) is 32.7 Å². The van der Waals surface area contributed by atoms with Crippen molar-refractivity contribution in [3.8, 4) is 0 Å². The van der Waals surface area contributed by atoms with Crippen molar-refractivity contribution >= 4 is 5.95 Å². The molecule has 0 saturated heterocycles. The zero-order chi connectivity index (χ0) is 10.8. The van der Waals surface area contributed by atoms with Crippen molar-refractivity contribution in [3.05, 3.63) is 17.5 Å². The van der Waals surface area contributed by atoms with Gasteiger partial charge in [0.2, 0.25) is 5.95 Å². The lowest BCUT2D eigenvalue weighted by Crippen LogP contribution is -2.33. The van der Waals surface area contributed by atoms with Crippen LogP contribution in [-0.4, -0.2) is 34.0 Å². The molecular formula is C11H18N4. The maximum atomic E-state index is 5.59. The van der Waals surface area contributed by atoms with E-state index in [1.165, 1.54) is 5.56 Å². The lowest BCUT2D eigenvalue weighted by Gasteiger charge is -2.23. The number of fused-ring (bicyclic) bond motifs is 1. The lowest BCUT2D eigenvalue weighted by atomic mass is 10.1. The molecule has 2 heterocycles. The van der Waals surface area contributed by atoms with E-state index in [0.717, 1.165) is 31.6 Å². The normalized spacial score (nSPS) is 17.5. The Morgan fingerprint density at radius 1 is 1.33 bits per heavy atom. The molecule has 0 aliphatic carbocycles. The van der Waals surface area contributed by atoms with Gasteiger partial charge in [-0.3, -0.25) is 0 Å². The first-order valence-corrected chi connectivity index (χ1v) is 5.51. The van der Waals surface area contributed by atoms with Crippen molar-refractivity contribution in [2.24, 2.45) is 0 Å². The largest absolute Gasteiger partial charge is 0.368 e. The second-order valence-corrected chi connectivity index (χ2v) is 4.33. The second-order valence-electron chi connectivity index (χ2n) is 4.33. The SMILES string of the molecule is CC(C)N1CCc2cnc(N)nc2CC1. The van der Waals surface area contributed by atoms with Crippen LogP contribution in [-0.2, 0) is 12.8 Å². The molecule has 2 rings (SSSR count). The van der Waals surface area contributed by atoms with Gasteiger partial charge in [-0.1, -0.05) is 0 Å². The summed E-state index contributed by atoms with van der Waals surface area (Å²) in [6.45, 7) is 6.63. The van der Waals surface area contributed by atoms with E-state index in [-0.39, 0.29) is 0 Å². The summed E-state index contributed by atoms with van der Waals surface area (Å²) >= 11 is 0. The van der Waals surface area contributed by atoms with Gasteiger partial charge in [-0.05, 0) is 25.8 Å². The fraction of sp³-hybridized carbons (Fsp3) is 0.636. The van der Waals surface area contributed by atoms with Crippen LogP contribution in [0.4, 0.5) is 5.95 Å². The Labute approximate surface area is 90.5 Å². The minimum absolute atomic E-state index is 0.395. The van der Waals surface area contributed by atoms with E-state index >= 15 is 0 Å². The van der Waals surface area contributed by atoms with Crippen molar-refractivity contribution in [1.29, 1.82) is 0 Å². The highest BCUT2D eigenvalue weighted by molar-refractivity contribution is 5.26. The van der Waals surface area contributed by atoms with Crippen LogP contribution in [0.25, 0.3) is 0 Å². The molecular weight excluding hydrogens is 188 g/mol. The number of hydrogen-bond acceptors (Lipinski definition) is 4. The summed E-state index contributed by atoms with van der Waals surface area (Å²) in [6, 6.07) is 0.601. The quantitative estimate of drug-likeness (QED) is 0.740. The molecule has 0 aromatic carbocycles. The highest BCUT2D eigenvalue weighted by atomic mass is 15.1. The van der Waals surface area contributed by atoms with E-state index < -0.39 is 0 Å². The van der Waals surface area contributed by atoms with Crippen molar-refractivity contribution in [1.82, 2.24) is 14.9 Å². The first-order valence-electron chi connectivity index (χ1n) is 5.51. The van der Waals surface area contributed by atoms with Crippen molar-refractivity contribution in [2.75, 3.05) is 18.8 Å². The third-order valence-corrected chi connectivity index (χ3v) is 3.01. The molecule has 4 nitrogen and oxygen atoms in total. The topological polar surface area (TPSA) is 55.0 Å². The van der Waals surface area contributed by atoms with Gasteiger partial charge in [0, 0.05) is 31.7 Å². The van der Waals surface area contributed by atoms with Crippen LogP contribution in [0, 0.1) is 0 Å². The van der Waals surface area contributed by atoms with Gasteiger partial charge in [-0.15, -0.1) is 0 Å². The smallest absolute Gasteiger partial charge is 0.220 e. The molecule has 1 aliphatic heterocycles. The number of rotatable bonds is 1. The molecule has 1 aromatic rings. The first kappa shape index (κ1) is 10.4. The average molecular weight is 206 g/mol. The third-order valence-electron chi connectivity index (χ3n) is 3.01. The summed E-state index contributed by atoms with van der Waals surface area (Å²) in [6.07, 6.45) is 3.90. The summed E-state index contributed by atoms with van der Waals surface area (Å²) in [4.78, 5) is 10.8. The van der Waals surface area contributed by atoms with Crippen LogP contribution < -0.4 is 5.73 Å². The molecule has 0 spiro atoms. The Bertz CT molecular complexity index is 348. The molecule has 1 aromatic heterocycles. The molecule has 0 amide bonds. The predicted molar refractivity (Wildman–Crippen MR) is 60.6 cm³/mol. The van der Waals surface area contributed by atoms with Crippen LogP contribution in [0.15, 0.2) is 6.20 Å². The summed E-state index contributed by atoms with van der Waals surface area (Å²) in [5, 5.41) is 0. The number of aromatic nitrogens is 2. The van der Waals surface area contributed by atoms with E-state index in [1.54, 1.807) is 0 Å². The van der Waals surface area contributed by atoms with E-state index in [9.17, 15) is 0 Å². The Balaban J connectivity index is 2.18. The maximum absolute atomic E-state index is 5.59. The number of nitrogens with two attached hydrogens (primary N) is 1. The van der Waals surface area contributed by atoms with Gasteiger partial charge in [0.1, 0.15) is 0 Å². The molecule has 0 radical (unpaired) electrons. The van der Waals surface area contributed by atoms with E-state index in [1.807, 2.05) is 6.20 Å². The predicted octanol–water partition coefficient (Wildman–Crippen LogP) is 0.868. The van der Waals surface area contributed by atoms with E-state index in [0.29, 0.717) is 12.0 Å². The van der Waals surface area contributed by atoms with Crippen LogP contribution in [0.3, 0.4) is 0 Å². The molecule has 0 saturated carbocycles. The summed E-state index contributed by atoms with van der Waals surface area (Å²) < 4.78 is 0. The maximum Gasteiger partial charge on any atom is 0.220 e. The average Bonchev–Trinajstić information content (AvgIpc) is 2.39. The lowest BCUT2D eigenvalue weighted by molar-refractivity contribution is 0.232. The van der Waals surface area contributed by atoms with Gasteiger partial charge in [0.05, 0.1) is 5.69 Å². The van der Waals surface area contributed by atoms with Crippen LogP contribution in [0.1, 0.15) is 25.1 Å². The van der Waals surface area contributed by atoms with Crippen molar-refractivity contribution in [3.63, 3.8) is 0 Å². The highest BCUT2D eigenvalue weighted by Gasteiger charge is 2.17.